The first-order valence-electron chi connectivity index (χ1n) is 9.38. The van der Waals surface area contributed by atoms with Crippen LogP contribution in [0.5, 0.6) is 17.4 Å². The van der Waals surface area contributed by atoms with Crippen molar-refractivity contribution in [3.05, 3.63) is 47.7 Å². The number of fused-ring (bicyclic) bond motifs is 1. The van der Waals surface area contributed by atoms with Gasteiger partial charge in [-0.2, -0.15) is 0 Å². The molecule has 1 N–H and O–H groups in total. The molecule has 0 radical (unpaired) electrons. The maximum absolute atomic E-state index is 12.9. The van der Waals surface area contributed by atoms with E-state index in [-0.39, 0.29) is 17.9 Å². The van der Waals surface area contributed by atoms with Crippen molar-refractivity contribution in [3.63, 3.8) is 0 Å². The Labute approximate surface area is 159 Å². The van der Waals surface area contributed by atoms with Gasteiger partial charge in [-0.1, -0.05) is 19.9 Å². The molecular formula is C21H26N2O4. The fourth-order valence-corrected chi connectivity index (χ4v) is 3.04. The molecule has 1 amide bonds. The molecule has 1 aliphatic rings. The van der Waals surface area contributed by atoms with Crippen LogP contribution in [0, 0.1) is 5.92 Å². The summed E-state index contributed by atoms with van der Waals surface area (Å²) < 4.78 is 17.0. The van der Waals surface area contributed by atoms with E-state index in [9.17, 15) is 4.79 Å². The molecular weight excluding hydrogens is 344 g/mol. The lowest BCUT2D eigenvalue weighted by atomic mass is 9.95. The summed E-state index contributed by atoms with van der Waals surface area (Å²) in [4.78, 5) is 17.0. The van der Waals surface area contributed by atoms with Crippen LogP contribution in [0.25, 0.3) is 0 Å². The quantitative estimate of drug-likeness (QED) is 0.838. The lowest BCUT2D eigenvalue weighted by Gasteiger charge is -2.24. The van der Waals surface area contributed by atoms with Crippen molar-refractivity contribution in [2.75, 3.05) is 19.8 Å². The average Bonchev–Trinajstić information content (AvgIpc) is 2.91. The molecule has 0 spiro atoms. The molecule has 0 unspecified atom stereocenters. The fraction of sp³-hybridized carbons (Fsp3) is 0.429. The van der Waals surface area contributed by atoms with Gasteiger partial charge in [0.05, 0.1) is 25.9 Å². The maximum atomic E-state index is 12.9. The van der Waals surface area contributed by atoms with Gasteiger partial charge in [-0.25, -0.2) is 4.98 Å². The van der Waals surface area contributed by atoms with E-state index in [1.807, 2.05) is 25.1 Å². The maximum Gasteiger partial charge on any atom is 0.257 e. The van der Waals surface area contributed by atoms with Gasteiger partial charge in [0.1, 0.15) is 5.56 Å². The summed E-state index contributed by atoms with van der Waals surface area (Å²) in [6.07, 6.45) is 2.47. The zero-order chi connectivity index (χ0) is 19.2. The number of hydrogen-bond donors (Lipinski definition) is 1. The van der Waals surface area contributed by atoms with Gasteiger partial charge in [0.15, 0.2) is 11.5 Å². The summed E-state index contributed by atoms with van der Waals surface area (Å²) in [5, 5.41) is 3.11. The van der Waals surface area contributed by atoms with E-state index < -0.39 is 0 Å². The van der Waals surface area contributed by atoms with Crippen LogP contribution in [0.4, 0.5) is 0 Å². The standard InChI is InChI=1S/C21H26N2O4/c1-4-25-21-16(7-5-10-22-21)20(24)23-19(14(2)3)15-8-9-17-18(13-15)27-12-6-11-26-17/h5,7-10,13-14,19H,4,6,11-12H2,1-3H3,(H,23,24)/t19-/m1/s1. The van der Waals surface area contributed by atoms with Crippen LogP contribution in [-0.4, -0.2) is 30.7 Å². The molecule has 3 rings (SSSR count). The number of pyridine rings is 1. The molecule has 6 heteroatoms. The van der Waals surface area contributed by atoms with E-state index in [1.165, 1.54) is 0 Å². The van der Waals surface area contributed by atoms with Crippen LogP contribution in [0.15, 0.2) is 36.5 Å². The van der Waals surface area contributed by atoms with Gasteiger partial charge in [0, 0.05) is 12.6 Å². The fourth-order valence-electron chi connectivity index (χ4n) is 3.04. The summed E-state index contributed by atoms with van der Waals surface area (Å²) in [5.41, 5.74) is 1.41. The molecule has 0 fully saturated rings. The highest BCUT2D eigenvalue weighted by Crippen LogP contribution is 2.34. The highest BCUT2D eigenvalue weighted by molar-refractivity contribution is 5.96. The molecule has 0 saturated heterocycles. The Kier molecular flexibility index (Phi) is 6.16. The molecule has 0 aliphatic carbocycles. The second-order valence-corrected chi connectivity index (χ2v) is 6.74. The van der Waals surface area contributed by atoms with Crippen molar-refractivity contribution in [2.45, 2.75) is 33.2 Å². The van der Waals surface area contributed by atoms with Gasteiger partial charge in [-0.3, -0.25) is 4.79 Å². The molecule has 1 aromatic heterocycles. The average molecular weight is 370 g/mol. The predicted molar refractivity (Wildman–Crippen MR) is 103 cm³/mol. The summed E-state index contributed by atoms with van der Waals surface area (Å²) in [5.74, 6) is 1.79. The van der Waals surface area contributed by atoms with Crippen molar-refractivity contribution in [1.29, 1.82) is 0 Å². The SMILES string of the molecule is CCOc1ncccc1C(=O)N[C@@H](c1ccc2c(c1)OCCCO2)C(C)C. The molecule has 0 bridgehead atoms. The number of nitrogens with one attached hydrogen (secondary N) is 1. The van der Waals surface area contributed by atoms with E-state index in [0.29, 0.717) is 31.3 Å². The Morgan fingerprint density at radius 2 is 2.00 bits per heavy atom. The Bertz CT molecular complexity index is 792. The lowest BCUT2D eigenvalue weighted by Crippen LogP contribution is -2.32. The van der Waals surface area contributed by atoms with Gasteiger partial charge < -0.3 is 19.5 Å². The highest BCUT2D eigenvalue weighted by atomic mass is 16.5. The second kappa shape index (κ2) is 8.75. The third-order valence-electron chi connectivity index (χ3n) is 4.38. The summed E-state index contributed by atoms with van der Waals surface area (Å²) >= 11 is 0. The normalized spacial score (nSPS) is 14.4. The minimum atomic E-state index is -0.211. The van der Waals surface area contributed by atoms with Crippen molar-refractivity contribution in [2.24, 2.45) is 5.92 Å². The Balaban J connectivity index is 1.84. The zero-order valence-electron chi connectivity index (χ0n) is 16.0. The van der Waals surface area contributed by atoms with Crippen LogP contribution < -0.4 is 19.5 Å². The summed E-state index contributed by atoms with van der Waals surface area (Å²) in [7, 11) is 0. The molecule has 144 valence electrons. The zero-order valence-corrected chi connectivity index (χ0v) is 16.0. The summed E-state index contributed by atoms with van der Waals surface area (Å²) in [6, 6.07) is 9.12. The smallest absolute Gasteiger partial charge is 0.257 e. The number of amides is 1. The van der Waals surface area contributed by atoms with Crippen LogP contribution in [0.3, 0.4) is 0 Å². The van der Waals surface area contributed by atoms with E-state index >= 15 is 0 Å². The van der Waals surface area contributed by atoms with Crippen molar-refractivity contribution >= 4 is 5.91 Å². The monoisotopic (exact) mass is 370 g/mol. The van der Waals surface area contributed by atoms with Crippen molar-refractivity contribution in [3.8, 4) is 17.4 Å². The molecule has 6 nitrogen and oxygen atoms in total. The van der Waals surface area contributed by atoms with Gasteiger partial charge in [0.2, 0.25) is 5.88 Å². The van der Waals surface area contributed by atoms with Gasteiger partial charge >= 0.3 is 0 Å². The van der Waals surface area contributed by atoms with Gasteiger partial charge in [-0.05, 0) is 42.7 Å². The Morgan fingerprint density at radius 3 is 2.74 bits per heavy atom. The molecule has 2 heterocycles. The number of carbonyl (C=O) groups is 1. The molecule has 0 saturated carbocycles. The third kappa shape index (κ3) is 4.51. The molecule has 1 aromatic carbocycles. The first-order chi connectivity index (χ1) is 13.1. The number of carbonyl (C=O) groups excluding carboxylic acids is 1. The van der Waals surface area contributed by atoms with E-state index in [0.717, 1.165) is 23.5 Å². The summed E-state index contributed by atoms with van der Waals surface area (Å²) in [6.45, 7) is 7.74. The van der Waals surface area contributed by atoms with Gasteiger partial charge in [0.25, 0.3) is 5.91 Å². The van der Waals surface area contributed by atoms with Crippen LogP contribution in [-0.2, 0) is 0 Å². The minimum absolute atomic E-state index is 0.177. The van der Waals surface area contributed by atoms with E-state index in [4.69, 9.17) is 14.2 Å². The molecule has 1 atom stereocenters. The topological polar surface area (TPSA) is 69.7 Å². The number of ether oxygens (including phenoxy) is 3. The van der Waals surface area contributed by atoms with E-state index in [1.54, 1.807) is 18.3 Å². The van der Waals surface area contributed by atoms with Crippen LogP contribution >= 0.6 is 0 Å². The predicted octanol–water partition coefficient (Wildman–Crippen LogP) is 3.77. The number of nitrogens with zero attached hydrogens (tertiary/aromatic N) is 1. The van der Waals surface area contributed by atoms with Crippen molar-refractivity contribution in [1.82, 2.24) is 10.3 Å². The Hall–Kier alpha value is -2.76. The molecule has 1 aliphatic heterocycles. The number of aromatic nitrogens is 1. The minimum Gasteiger partial charge on any atom is -0.490 e. The largest absolute Gasteiger partial charge is 0.490 e. The number of benzene rings is 1. The second-order valence-electron chi connectivity index (χ2n) is 6.74. The molecule has 27 heavy (non-hydrogen) atoms. The highest BCUT2D eigenvalue weighted by Gasteiger charge is 2.23. The number of hydrogen-bond acceptors (Lipinski definition) is 5. The first kappa shape index (κ1) is 19.0. The number of rotatable bonds is 6. The van der Waals surface area contributed by atoms with Gasteiger partial charge in [-0.15, -0.1) is 0 Å². The van der Waals surface area contributed by atoms with E-state index in [2.05, 4.69) is 24.1 Å². The van der Waals surface area contributed by atoms with Crippen LogP contribution in [0.2, 0.25) is 0 Å². The lowest BCUT2D eigenvalue weighted by molar-refractivity contribution is 0.0920. The molecule has 2 aromatic rings. The van der Waals surface area contributed by atoms with Crippen molar-refractivity contribution < 1.29 is 19.0 Å². The van der Waals surface area contributed by atoms with Crippen LogP contribution in [0.1, 0.15) is 49.2 Å². The first-order valence-corrected chi connectivity index (χ1v) is 9.38. The Morgan fingerprint density at radius 1 is 1.22 bits per heavy atom. The third-order valence-corrected chi connectivity index (χ3v) is 4.38.